The monoisotopic (exact) mass is 374 g/mol. The highest BCUT2D eigenvalue weighted by molar-refractivity contribution is 6.09. The molecule has 3 aromatic rings. The van der Waals surface area contributed by atoms with Crippen molar-refractivity contribution in [3.05, 3.63) is 78.9 Å². The molecule has 0 saturated heterocycles. The number of benzene rings is 2. The van der Waals surface area contributed by atoms with E-state index < -0.39 is 0 Å². The Balaban J connectivity index is 1.53. The highest BCUT2D eigenvalue weighted by atomic mass is 16.5. The van der Waals surface area contributed by atoms with E-state index in [2.05, 4.69) is 15.3 Å². The predicted molar refractivity (Wildman–Crippen MR) is 112 cm³/mol. The average Bonchev–Trinajstić information content (AvgIpc) is 3.26. The molecule has 0 bridgehead atoms. The first kappa shape index (κ1) is 19.1. The van der Waals surface area contributed by atoms with Crippen molar-refractivity contribution in [3.63, 3.8) is 0 Å². The van der Waals surface area contributed by atoms with Crippen molar-refractivity contribution >= 4 is 23.4 Å². The Labute approximate surface area is 164 Å². The van der Waals surface area contributed by atoms with Crippen molar-refractivity contribution in [3.8, 4) is 11.4 Å². The number of aromatic nitrogens is 2. The van der Waals surface area contributed by atoms with Crippen LogP contribution in [0.4, 0.5) is 5.69 Å². The summed E-state index contributed by atoms with van der Waals surface area (Å²) in [6.45, 7) is 1.90. The number of imidazole rings is 1. The fourth-order valence-corrected chi connectivity index (χ4v) is 2.67. The van der Waals surface area contributed by atoms with Crippen LogP contribution in [-0.2, 0) is 4.79 Å². The van der Waals surface area contributed by atoms with E-state index in [0.717, 1.165) is 22.5 Å². The second kappa shape index (κ2) is 9.32. The molecular formula is C22H22N4O2. The molecule has 1 heterocycles. The minimum Gasteiger partial charge on any atom is -0.484 e. The van der Waals surface area contributed by atoms with Crippen LogP contribution in [0.15, 0.2) is 78.3 Å². The second-order valence-electron chi connectivity index (χ2n) is 6.01. The number of aliphatic imine (C=N–C) groups is 1. The average molecular weight is 374 g/mol. The summed E-state index contributed by atoms with van der Waals surface area (Å²) in [4.78, 5) is 20.2. The number of allylic oxidation sites excluding steroid dienone is 2. The van der Waals surface area contributed by atoms with Crippen LogP contribution >= 0.6 is 0 Å². The first-order valence-electron chi connectivity index (χ1n) is 8.89. The second-order valence-corrected chi connectivity index (χ2v) is 6.01. The van der Waals surface area contributed by atoms with Crippen molar-refractivity contribution in [2.24, 2.45) is 4.99 Å². The molecule has 1 aromatic heterocycles. The maximum atomic E-state index is 12.1. The van der Waals surface area contributed by atoms with E-state index in [1.807, 2.05) is 72.3 Å². The lowest BCUT2D eigenvalue weighted by atomic mass is 10.1. The minimum atomic E-state index is -0.215. The minimum absolute atomic E-state index is 0.0607. The molecule has 0 spiro atoms. The Bertz CT molecular complexity index is 957. The quantitative estimate of drug-likeness (QED) is 0.636. The molecule has 0 unspecified atom stereocenters. The highest BCUT2D eigenvalue weighted by Crippen LogP contribution is 2.17. The van der Waals surface area contributed by atoms with E-state index in [4.69, 9.17) is 4.74 Å². The molecule has 6 nitrogen and oxygen atoms in total. The van der Waals surface area contributed by atoms with Crippen molar-refractivity contribution in [1.82, 2.24) is 9.55 Å². The molecule has 1 amide bonds. The summed E-state index contributed by atoms with van der Waals surface area (Å²) in [6.07, 6.45) is 9.11. The number of hydrogen-bond donors (Lipinski definition) is 1. The Kier molecular flexibility index (Phi) is 6.36. The van der Waals surface area contributed by atoms with E-state index in [1.54, 1.807) is 25.8 Å². The molecule has 0 saturated carbocycles. The molecule has 0 aliphatic heterocycles. The summed E-state index contributed by atoms with van der Waals surface area (Å²) in [5, 5.41) is 2.83. The van der Waals surface area contributed by atoms with Gasteiger partial charge in [-0.1, -0.05) is 18.2 Å². The molecule has 0 radical (unpaired) electrons. The molecule has 142 valence electrons. The molecule has 1 N–H and O–H groups in total. The summed E-state index contributed by atoms with van der Waals surface area (Å²) in [7, 11) is 1.74. The Hall–Kier alpha value is -3.67. The summed E-state index contributed by atoms with van der Waals surface area (Å²) in [6, 6.07) is 15.1. The van der Waals surface area contributed by atoms with E-state index >= 15 is 0 Å². The van der Waals surface area contributed by atoms with Crippen molar-refractivity contribution in [2.75, 3.05) is 19.0 Å². The van der Waals surface area contributed by atoms with Crippen LogP contribution in [0.25, 0.3) is 11.3 Å². The largest absolute Gasteiger partial charge is 0.484 e. The summed E-state index contributed by atoms with van der Waals surface area (Å²) >= 11 is 0. The van der Waals surface area contributed by atoms with Gasteiger partial charge in [0.2, 0.25) is 0 Å². The fraction of sp³-hybridized carbons (Fsp3) is 0.136. The number of hydrogen-bond acceptors (Lipinski definition) is 4. The molecule has 6 heteroatoms. The maximum Gasteiger partial charge on any atom is 0.262 e. The molecule has 28 heavy (non-hydrogen) atoms. The third-order valence-electron chi connectivity index (χ3n) is 4.09. The lowest BCUT2D eigenvalue weighted by Crippen LogP contribution is -2.20. The molecule has 3 rings (SSSR count). The van der Waals surface area contributed by atoms with Crippen molar-refractivity contribution in [2.45, 2.75) is 6.92 Å². The van der Waals surface area contributed by atoms with E-state index in [9.17, 15) is 4.79 Å². The number of nitrogens with zero attached hydrogens (tertiary/aromatic N) is 3. The maximum absolute atomic E-state index is 12.1. The molecule has 0 aliphatic rings. The van der Waals surface area contributed by atoms with Crippen LogP contribution in [0.5, 0.6) is 5.75 Å². The van der Waals surface area contributed by atoms with Gasteiger partial charge >= 0.3 is 0 Å². The molecule has 2 aromatic carbocycles. The Morgan fingerprint density at radius 1 is 1.18 bits per heavy atom. The number of anilines is 1. The zero-order chi connectivity index (χ0) is 19.8. The van der Waals surface area contributed by atoms with Gasteiger partial charge in [0.15, 0.2) is 6.61 Å². The number of rotatable bonds is 7. The normalized spacial score (nSPS) is 11.6. The molecule has 0 aliphatic carbocycles. The van der Waals surface area contributed by atoms with Gasteiger partial charge in [-0.15, -0.1) is 0 Å². The van der Waals surface area contributed by atoms with Crippen LogP contribution in [0.2, 0.25) is 0 Å². The molecule has 0 fully saturated rings. The van der Waals surface area contributed by atoms with Crippen LogP contribution in [0, 0.1) is 0 Å². The zero-order valence-electron chi connectivity index (χ0n) is 15.9. The van der Waals surface area contributed by atoms with Gasteiger partial charge in [-0.3, -0.25) is 9.79 Å². The van der Waals surface area contributed by atoms with Gasteiger partial charge in [0.25, 0.3) is 5.91 Å². The summed E-state index contributed by atoms with van der Waals surface area (Å²) in [5.74, 6) is 0.416. The predicted octanol–water partition coefficient (Wildman–Crippen LogP) is 3.99. The van der Waals surface area contributed by atoms with Gasteiger partial charge in [-0.2, -0.15) is 0 Å². The topological polar surface area (TPSA) is 68.5 Å². The number of carbonyl (C=O) groups excluding carboxylic acids is 1. The van der Waals surface area contributed by atoms with E-state index in [-0.39, 0.29) is 12.5 Å². The SMILES string of the molecule is C/C=C(\C=NC)c1ccc(NC(=O)COc2ccc(-n3ccnc3)cc2)cc1. The lowest BCUT2D eigenvalue weighted by Gasteiger charge is -2.09. The van der Waals surface area contributed by atoms with E-state index in [0.29, 0.717) is 5.75 Å². The third kappa shape index (κ3) is 4.94. The van der Waals surface area contributed by atoms with Gasteiger partial charge in [0.05, 0.1) is 6.33 Å². The van der Waals surface area contributed by atoms with Crippen LogP contribution in [0.3, 0.4) is 0 Å². The Morgan fingerprint density at radius 3 is 2.54 bits per heavy atom. The van der Waals surface area contributed by atoms with E-state index in [1.165, 1.54) is 0 Å². The lowest BCUT2D eigenvalue weighted by molar-refractivity contribution is -0.118. The smallest absolute Gasteiger partial charge is 0.262 e. The van der Waals surface area contributed by atoms with Gasteiger partial charge in [-0.05, 0) is 54.5 Å². The Morgan fingerprint density at radius 2 is 1.93 bits per heavy atom. The summed E-state index contributed by atoms with van der Waals surface area (Å²) < 4.78 is 7.45. The van der Waals surface area contributed by atoms with Crippen molar-refractivity contribution < 1.29 is 9.53 Å². The standard InChI is InChI=1S/C22H22N4O2/c1-3-17(14-23-2)18-4-6-19(7-5-18)25-22(27)15-28-21-10-8-20(9-11-21)26-13-12-24-16-26/h3-14,16H,15H2,1-2H3,(H,25,27)/b17-3+,23-14?. The zero-order valence-corrected chi connectivity index (χ0v) is 15.9. The van der Waals surface area contributed by atoms with Crippen LogP contribution < -0.4 is 10.1 Å². The van der Waals surface area contributed by atoms with Gasteiger partial charge in [-0.25, -0.2) is 4.98 Å². The fourth-order valence-electron chi connectivity index (χ4n) is 2.67. The first-order valence-corrected chi connectivity index (χ1v) is 8.89. The van der Waals surface area contributed by atoms with Crippen LogP contribution in [0.1, 0.15) is 12.5 Å². The number of amides is 1. The van der Waals surface area contributed by atoms with Crippen molar-refractivity contribution in [1.29, 1.82) is 0 Å². The number of nitrogens with one attached hydrogen (secondary N) is 1. The third-order valence-corrected chi connectivity index (χ3v) is 4.09. The summed E-state index contributed by atoms with van der Waals surface area (Å²) in [5.41, 5.74) is 3.77. The highest BCUT2D eigenvalue weighted by Gasteiger charge is 2.05. The van der Waals surface area contributed by atoms with Crippen LogP contribution in [-0.4, -0.2) is 35.3 Å². The van der Waals surface area contributed by atoms with Gasteiger partial charge in [0, 0.05) is 37.0 Å². The number of ether oxygens (including phenoxy) is 1. The first-order chi connectivity index (χ1) is 13.7. The molecular weight excluding hydrogens is 352 g/mol. The van der Waals surface area contributed by atoms with Gasteiger partial charge in [0.1, 0.15) is 5.75 Å². The molecule has 0 atom stereocenters. The van der Waals surface area contributed by atoms with Gasteiger partial charge < -0.3 is 14.6 Å². The number of carbonyl (C=O) groups is 1.